The van der Waals surface area contributed by atoms with Crippen molar-refractivity contribution in [3.8, 4) is 0 Å². The SMILES string of the molecule is CCOC(=O)C[C-]=O.[W]. The summed E-state index contributed by atoms with van der Waals surface area (Å²) in [6, 6.07) is 0. The summed E-state index contributed by atoms with van der Waals surface area (Å²) in [5.41, 5.74) is 0. The van der Waals surface area contributed by atoms with E-state index in [1.54, 1.807) is 6.92 Å². The summed E-state index contributed by atoms with van der Waals surface area (Å²) in [6.07, 6.45) is 1.17. The van der Waals surface area contributed by atoms with Gasteiger partial charge in [0.05, 0.1) is 6.61 Å². The molecule has 0 bridgehead atoms. The molecule has 0 heterocycles. The van der Waals surface area contributed by atoms with Crippen LogP contribution < -0.4 is 0 Å². The first-order valence-corrected chi connectivity index (χ1v) is 2.32. The van der Waals surface area contributed by atoms with Gasteiger partial charge in [-0.2, -0.15) is 0 Å². The molecule has 0 atom stereocenters. The summed E-state index contributed by atoms with van der Waals surface area (Å²) >= 11 is 0. The molecule has 0 aliphatic rings. The molecule has 0 rings (SSSR count). The van der Waals surface area contributed by atoms with E-state index in [4.69, 9.17) is 0 Å². The minimum Gasteiger partial charge on any atom is -0.541 e. The molecule has 0 unspecified atom stereocenters. The van der Waals surface area contributed by atoms with E-state index in [1.807, 2.05) is 0 Å². The van der Waals surface area contributed by atoms with Gasteiger partial charge >= 0.3 is 0 Å². The molecule has 0 aliphatic heterocycles. The zero-order chi connectivity index (χ0) is 6.41. The third-order valence-corrected chi connectivity index (χ3v) is 0.522. The van der Waals surface area contributed by atoms with Crippen LogP contribution in [0.25, 0.3) is 0 Å². The molecule has 0 aliphatic carbocycles. The van der Waals surface area contributed by atoms with Gasteiger partial charge in [0, 0.05) is 21.1 Å². The second-order valence-corrected chi connectivity index (χ2v) is 1.13. The first-order valence-electron chi connectivity index (χ1n) is 2.32. The molecular formula is C5H7O3W-. The van der Waals surface area contributed by atoms with Crippen molar-refractivity contribution in [1.29, 1.82) is 0 Å². The van der Waals surface area contributed by atoms with E-state index in [0.29, 0.717) is 6.61 Å². The van der Waals surface area contributed by atoms with E-state index >= 15 is 0 Å². The third-order valence-electron chi connectivity index (χ3n) is 0.522. The Bertz CT molecular complexity index is 92.2. The van der Waals surface area contributed by atoms with Crippen LogP contribution >= 0.6 is 0 Å². The number of ether oxygens (including phenoxy) is 1. The van der Waals surface area contributed by atoms with E-state index < -0.39 is 5.97 Å². The molecule has 0 saturated carbocycles. The first-order chi connectivity index (χ1) is 3.81. The molecule has 0 fully saturated rings. The second kappa shape index (κ2) is 7.83. The van der Waals surface area contributed by atoms with Gasteiger partial charge in [0.1, 0.15) is 0 Å². The summed E-state index contributed by atoms with van der Waals surface area (Å²) in [7, 11) is 0. The van der Waals surface area contributed by atoms with Crippen LogP contribution in [-0.4, -0.2) is 18.9 Å². The zero-order valence-corrected chi connectivity index (χ0v) is 7.98. The molecule has 0 spiro atoms. The third kappa shape index (κ3) is 7.83. The summed E-state index contributed by atoms with van der Waals surface area (Å²) in [5.74, 6) is -0.512. The summed E-state index contributed by atoms with van der Waals surface area (Å²) < 4.78 is 4.38. The molecule has 0 amide bonds. The Morgan fingerprint density at radius 2 is 2.22 bits per heavy atom. The number of hydrogen-bond acceptors (Lipinski definition) is 3. The van der Waals surface area contributed by atoms with Crippen LogP contribution in [0.4, 0.5) is 0 Å². The van der Waals surface area contributed by atoms with Crippen LogP contribution in [0.3, 0.4) is 0 Å². The van der Waals surface area contributed by atoms with Crippen molar-refractivity contribution in [2.75, 3.05) is 6.61 Å². The van der Waals surface area contributed by atoms with Crippen LogP contribution in [0, 0.1) is 0 Å². The molecule has 0 aromatic rings. The van der Waals surface area contributed by atoms with Gasteiger partial charge in [0.25, 0.3) is 5.97 Å². The van der Waals surface area contributed by atoms with Gasteiger partial charge < -0.3 is 9.53 Å². The molecule has 3 nitrogen and oxygen atoms in total. The minimum atomic E-state index is -0.512. The van der Waals surface area contributed by atoms with Gasteiger partial charge in [0.2, 0.25) is 0 Å². The monoisotopic (exact) mass is 299 g/mol. The van der Waals surface area contributed by atoms with Gasteiger partial charge in [0.15, 0.2) is 0 Å². The molecule has 0 saturated heterocycles. The van der Waals surface area contributed by atoms with Crippen molar-refractivity contribution in [2.24, 2.45) is 0 Å². The zero-order valence-electron chi connectivity index (χ0n) is 5.05. The van der Waals surface area contributed by atoms with Crippen LogP contribution in [0.1, 0.15) is 13.3 Å². The normalized spacial score (nSPS) is 7.22. The van der Waals surface area contributed by atoms with E-state index in [-0.39, 0.29) is 27.5 Å². The average molecular weight is 299 g/mol. The Kier molecular flexibility index (Phi) is 10.1. The maximum Gasteiger partial charge on any atom is 0.278 e. The van der Waals surface area contributed by atoms with Crippen molar-refractivity contribution >= 4 is 12.3 Å². The largest absolute Gasteiger partial charge is 0.541 e. The Hall–Kier alpha value is -0.172. The molecule has 4 heteroatoms. The Balaban J connectivity index is 0. The molecule has 52 valence electrons. The van der Waals surface area contributed by atoms with Crippen molar-refractivity contribution < 1.29 is 35.4 Å². The second-order valence-electron chi connectivity index (χ2n) is 1.13. The fraction of sp³-hybridized carbons (Fsp3) is 0.600. The molecule has 0 radical (unpaired) electrons. The maximum absolute atomic E-state index is 10.2. The number of carbonyl (C=O) groups excluding carboxylic acids is 2. The van der Waals surface area contributed by atoms with E-state index in [9.17, 15) is 9.59 Å². The van der Waals surface area contributed by atoms with Crippen LogP contribution in [0.5, 0.6) is 0 Å². The van der Waals surface area contributed by atoms with Crippen LogP contribution in [0.2, 0.25) is 0 Å². The molecule has 0 aromatic carbocycles. The summed E-state index contributed by atoms with van der Waals surface area (Å²) in [5, 5.41) is 0. The molecular weight excluding hydrogens is 292 g/mol. The topological polar surface area (TPSA) is 43.4 Å². The smallest absolute Gasteiger partial charge is 0.278 e. The van der Waals surface area contributed by atoms with Crippen molar-refractivity contribution in [1.82, 2.24) is 0 Å². The fourth-order valence-corrected chi connectivity index (χ4v) is 0.271. The maximum atomic E-state index is 10.2. The number of rotatable bonds is 3. The van der Waals surface area contributed by atoms with Crippen LogP contribution in [-0.2, 0) is 35.4 Å². The Morgan fingerprint density at radius 3 is 2.56 bits per heavy atom. The van der Waals surface area contributed by atoms with Crippen molar-refractivity contribution in [3.63, 3.8) is 0 Å². The van der Waals surface area contributed by atoms with E-state index in [0.717, 1.165) is 0 Å². The van der Waals surface area contributed by atoms with E-state index in [2.05, 4.69) is 4.74 Å². The van der Waals surface area contributed by atoms with Crippen molar-refractivity contribution in [3.05, 3.63) is 0 Å². The number of carbonyl (C=O) groups is 1. The molecule has 0 N–H and O–H groups in total. The predicted molar refractivity (Wildman–Crippen MR) is 26.9 cm³/mol. The van der Waals surface area contributed by atoms with Gasteiger partial charge in [-0.25, -0.2) is 0 Å². The average Bonchev–Trinajstić information content (AvgIpc) is 1.68. The predicted octanol–water partition coefficient (Wildman–Crippen LogP) is 0.0468. The van der Waals surface area contributed by atoms with Gasteiger partial charge in [-0.05, 0) is 6.92 Å². The molecule has 0 aromatic heterocycles. The van der Waals surface area contributed by atoms with Gasteiger partial charge in [-0.3, -0.25) is 11.1 Å². The fourth-order valence-electron chi connectivity index (χ4n) is 0.271. The standard InChI is InChI=1S/C5H7O3.W/c1-2-8-5(7)3-4-6;/h2-3H2,1H3;/q-1;. The number of esters is 1. The van der Waals surface area contributed by atoms with Gasteiger partial charge in [-0.1, -0.05) is 6.42 Å². The summed E-state index contributed by atoms with van der Waals surface area (Å²) in [4.78, 5) is 19.6. The molecule has 9 heavy (non-hydrogen) atoms. The minimum absolute atomic E-state index is 0. The van der Waals surface area contributed by atoms with Gasteiger partial charge in [-0.15, -0.1) is 0 Å². The Labute approximate surface area is 68.0 Å². The number of hydrogen-bond donors (Lipinski definition) is 0. The summed E-state index contributed by atoms with van der Waals surface area (Å²) in [6.45, 7) is 2.00. The van der Waals surface area contributed by atoms with Crippen molar-refractivity contribution in [2.45, 2.75) is 13.3 Å². The van der Waals surface area contributed by atoms with Crippen LogP contribution in [0.15, 0.2) is 0 Å². The first kappa shape index (κ1) is 11.6. The van der Waals surface area contributed by atoms with E-state index in [1.165, 1.54) is 6.29 Å². The Morgan fingerprint density at radius 1 is 1.67 bits per heavy atom. The quantitative estimate of drug-likeness (QED) is 0.420.